The summed E-state index contributed by atoms with van der Waals surface area (Å²) in [6, 6.07) is 0. The Labute approximate surface area is 177 Å². The zero-order valence-electron chi connectivity index (χ0n) is 19.3. The minimum absolute atomic E-state index is 0.0755. The van der Waals surface area contributed by atoms with Crippen LogP contribution in [0.3, 0.4) is 0 Å². The topological polar surface area (TPSA) is 43.4 Å². The number of rotatable bonds is 4. The normalized spacial score (nSPS) is 47.7. The molecule has 4 fully saturated rings. The predicted molar refractivity (Wildman–Crippen MR) is 115 cm³/mol. The fraction of sp³-hybridized carbons (Fsp3) is 0.923. The van der Waals surface area contributed by atoms with E-state index in [2.05, 4.69) is 27.7 Å². The lowest BCUT2D eigenvalue weighted by molar-refractivity contribution is -0.167. The van der Waals surface area contributed by atoms with Crippen LogP contribution in [-0.4, -0.2) is 17.9 Å². The number of hydrogen-bond donors (Lipinski definition) is 0. The van der Waals surface area contributed by atoms with Gasteiger partial charge in [-0.25, -0.2) is 0 Å². The van der Waals surface area contributed by atoms with Crippen molar-refractivity contribution in [1.82, 2.24) is 0 Å². The Kier molecular flexibility index (Phi) is 5.66. The lowest BCUT2D eigenvalue weighted by atomic mass is 9.44. The highest BCUT2D eigenvalue weighted by atomic mass is 16.5. The highest BCUT2D eigenvalue weighted by Gasteiger charge is 2.64. The van der Waals surface area contributed by atoms with Crippen LogP contribution in [0.25, 0.3) is 0 Å². The Balaban J connectivity index is 1.56. The first kappa shape index (κ1) is 21.4. The molecule has 164 valence electrons. The second-order valence-corrected chi connectivity index (χ2v) is 11.5. The Bertz CT molecular complexity index is 656. The third-order valence-electron chi connectivity index (χ3n) is 10.3. The molecule has 4 aliphatic rings. The van der Waals surface area contributed by atoms with Crippen LogP contribution in [0.15, 0.2) is 0 Å². The molecule has 0 bridgehead atoms. The van der Waals surface area contributed by atoms with E-state index in [0.29, 0.717) is 35.4 Å². The van der Waals surface area contributed by atoms with Crippen molar-refractivity contribution in [1.29, 1.82) is 0 Å². The van der Waals surface area contributed by atoms with Crippen LogP contribution in [0, 0.1) is 46.3 Å². The molecule has 0 amide bonds. The number of ether oxygens (including phenoxy) is 1. The second kappa shape index (κ2) is 7.68. The zero-order valence-corrected chi connectivity index (χ0v) is 19.3. The van der Waals surface area contributed by atoms with Crippen molar-refractivity contribution < 1.29 is 14.3 Å². The lowest BCUT2D eigenvalue weighted by Gasteiger charge is -2.60. The van der Waals surface area contributed by atoms with Gasteiger partial charge in [0.1, 0.15) is 11.9 Å². The molecule has 9 atom stereocenters. The minimum atomic E-state index is -0.144. The fourth-order valence-corrected chi connectivity index (χ4v) is 8.87. The van der Waals surface area contributed by atoms with Crippen molar-refractivity contribution in [3.8, 4) is 0 Å². The molecule has 29 heavy (non-hydrogen) atoms. The van der Waals surface area contributed by atoms with Crippen molar-refractivity contribution in [3.63, 3.8) is 0 Å². The first-order valence-corrected chi connectivity index (χ1v) is 12.4. The van der Waals surface area contributed by atoms with Crippen LogP contribution >= 0.6 is 0 Å². The molecular formula is C26H42O3. The van der Waals surface area contributed by atoms with Crippen molar-refractivity contribution in [3.05, 3.63) is 0 Å². The smallest absolute Gasteiger partial charge is 0.302 e. The average Bonchev–Trinajstić information content (AvgIpc) is 3.02. The molecule has 0 aliphatic heterocycles. The largest absolute Gasteiger partial charge is 0.463 e. The summed E-state index contributed by atoms with van der Waals surface area (Å²) in [6.07, 6.45) is 11.5. The highest BCUT2D eigenvalue weighted by molar-refractivity contribution is 5.87. The molecule has 0 aromatic rings. The molecule has 0 aromatic carbocycles. The zero-order chi connectivity index (χ0) is 21.0. The molecule has 3 heteroatoms. The lowest BCUT2D eigenvalue weighted by Crippen LogP contribution is -2.57. The molecule has 0 aromatic heterocycles. The summed E-state index contributed by atoms with van der Waals surface area (Å²) in [5, 5.41) is 0. The molecule has 4 aliphatic carbocycles. The fourth-order valence-electron chi connectivity index (χ4n) is 8.87. The maximum Gasteiger partial charge on any atom is 0.302 e. The molecule has 0 unspecified atom stereocenters. The van der Waals surface area contributed by atoms with Gasteiger partial charge in [-0.3, -0.25) is 9.59 Å². The van der Waals surface area contributed by atoms with Gasteiger partial charge in [0, 0.05) is 18.8 Å². The van der Waals surface area contributed by atoms with Crippen LogP contribution in [-0.2, 0) is 14.3 Å². The summed E-state index contributed by atoms with van der Waals surface area (Å²) >= 11 is 0. The Hall–Kier alpha value is -0.860. The van der Waals surface area contributed by atoms with E-state index in [9.17, 15) is 9.59 Å². The standard InChI is InChI=1S/C26H42O3/c1-6-7-16(2)21-10-11-22-20-9-8-18-14-19(29-17(3)27)12-13-25(18,4)23(20)15-24(28)26(21,22)5/h16,18-23H,6-15H2,1-5H3/t16-,18-,19-,20+,21-,22+,23+,25+,26-/m1/s1. The summed E-state index contributed by atoms with van der Waals surface area (Å²) in [5.74, 6) is 4.17. The molecular weight excluding hydrogens is 360 g/mol. The molecule has 4 rings (SSSR count). The minimum Gasteiger partial charge on any atom is -0.463 e. The SMILES string of the molecule is CCC[C@@H](C)[C@H]1CC[C@H]2[C@@H]3CC[C@@H]4C[C@H](OC(C)=O)CC[C@]4(C)[C@H]3CC(=O)[C@]12C. The van der Waals surface area contributed by atoms with Crippen LogP contribution in [0.1, 0.15) is 98.8 Å². The molecule has 0 radical (unpaired) electrons. The molecule has 0 N–H and O–H groups in total. The Morgan fingerprint density at radius 1 is 1.14 bits per heavy atom. The van der Waals surface area contributed by atoms with Crippen molar-refractivity contribution in [2.45, 2.75) is 105 Å². The predicted octanol–water partition coefficient (Wildman–Crippen LogP) is 6.19. The van der Waals surface area contributed by atoms with Crippen LogP contribution < -0.4 is 0 Å². The van der Waals surface area contributed by atoms with E-state index in [4.69, 9.17) is 4.74 Å². The summed E-state index contributed by atoms with van der Waals surface area (Å²) in [7, 11) is 0. The monoisotopic (exact) mass is 402 g/mol. The average molecular weight is 403 g/mol. The molecule has 0 heterocycles. The van der Waals surface area contributed by atoms with Gasteiger partial charge < -0.3 is 4.74 Å². The van der Waals surface area contributed by atoms with Crippen molar-refractivity contribution >= 4 is 11.8 Å². The van der Waals surface area contributed by atoms with Gasteiger partial charge in [0.25, 0.3) is 0 Å². The van der Waals surface area contributed by atoms with Crippen molar-refractivity contribution in [2.24, 2.45) is 46.3 Å². The number of carbonyl (C=O) groups excluding carboxylic acids is 2. The number of fused-ring (bicyclic) bond motifs is 5. The second-order valence-electron chi connectivity index (χ2n) is 11.5. The number of ketones is 1. The summed E-state index contributed by atoms with van der Waals surface area (Å²) < 4.78 is 5.59. The maximum atomic E-state index is 13.7. The summed E-state index contributed by atoms with van der Waals surface area (Å²) in [5.41, 5.74) is 0.178. The van der Waals surface area contributed by atoms with Crippen LogP contribution in [0.4, 0.5) is 0 Å². The van der Waals surface area contributed by atoms with E-state index >= 15 is 0 Å². The van der Waals surface area contributed by atoms with E-state index < -0.39 is 0 Å². The number of esters is 1. The quantitative estimate of drug-likeness (QED) is 0.526. The van der Waals surface area contributed by atoms with E-state index in [1.54, 1.807) is 0 Å². The summed E-state index contributed by atoms with van der Waals surface area (Å²) in [4.78, 5) is 25.2. The molecule has 3 nitrogen and oxygen atoms in total. The summed E-state index contributed by atoms with van der Waals surface area (Å²) in [6.45, 7) is 11.0. The van der Waals surface area contributed by atoms with E-state index in [1.807, 2.05) is 0 Å². The number of Topliss-reactive ketones (excluding diaryl/α,β-unsaturated/α-hetero) is 1. The van der Waals surface area contributed by atoms with Gasteiger partial charge in [-0.15, -0.1) is 0 Å². The number of hydrogen-bond acceptors (Lipinski definition) is 3. The highest BCUT2D eigenvalue weighted by Crippen LogP contribution is 2.67. The third kappa shape index (κ3) is 3.30. The number of carbonyl (C=O) groups is 2. The van der Waals surface area contributed by atoms with Gasteiger partial charge in [0.05, 0.1) is 0 Å². The van der Waals surface area contributed by atoms with E-state index in [-0.39, 0.29) is 22.9 Å². The van der Waals surface area contributed by atoms with Crippen molar-refractivity contribution in [2.75, 3.05) is 0 Å². The first-order valence-electron chi connectivity index (χ1n) is 12.4. The maximum absolute atomic E-state index is 13.7. The van der Waals surface area contributed by atoms with Gasteiger partial charge >= 0.3 is 5.97 Å². The molecule has 4 saturated carbocycles. The van der Waals surface area contributed by atoms with Gasteiger partial charge in [0.2, 0.25) is 0 Å². The third-order valence-corrected chi connectivity index (χ3v) is 10.3. The van der Waals surface area contributed by atoms with E-state index in [1.165, 1.54) is 45.4 Å². The van der Waals surface area contributed by atoms with E-state index in [0.717, 1.165) is 31.6 Å². The van der Waals surface area contributed by atoms with Gasteiger partial charge in [-0.05, 0) is 85.9 Å². The van der Waals surface area contributed by atoms with Gasteiger partial charge in [-0.2, -0.15) is 0 Å². The van der Waals surface area contributed by atoms with Gasteiger partial charge in [-0.1, -0.05) is 40.5 Å². The van der Waals surface area contributed by atoms with Crippen LogP contribution in [0.2, 0.25) is 0 Å². The molecule has 0 saturated heterocycles. The van der Waals surface area contributed by atoms with Gasteiger partial charge in [0.15, 0.2) is 0 Å². The first-order chi connectivity index (χ1) is 13.7. The Morgan fingerprint density at radius 2 is 1.90 bits per heavy atom. The Morgan fingerprint density at radius 3 is 2.59 bits per heavy atom. The molecule has 0 spiro atoms. The van der Waals surface area contributed by atoms with Crippen LogP contribution in [0.5, 0.6) is 0 Å².